The van der Waals surface area contributed by atoms with E-state index in [4.69, 9.17) is 0 Å². The number of nitrogens with zero attached hydrogens (tertiary/aromatic N) is 1. The van der Waals surface area contributed by atoms with Gasteiger partial charge in [0.25, 0.3) is 0 Å². The molecular weight excluding hydrogens is 316 g/mol. The molecule has 0 bridgehead atoms. The summed E-state index contributed by atoms with van der Waals surface area (Å²) < 4.78 is 0. The van der Waals surface area contributed by atoms with Crippen LogP contribution in [0.2, 0.25) is 0 Å². The molecular formula is C19H28N4O2. The van der Waals surface area contributed by atoms with E-state index in [1.165, 1.54) is 37.8 Å². The second kappa shape index (κ2) is 8.74. The number of anilines is 2. The van der Waals surface area contributed by atoms with Gasteiger partial charge in [0.1, 0.15) is 0 Å². The summed E-state index contributed by atoms with van der Waals surface area (Å²) in [7, 11) is 0. The molecule has 3 amide bonds. The summed E-state index contributed by atoms with van der Waals surface area (Å²) in [6, 6.07) is 7.87. The lowest BCUT2D eigenvalue weighted by molar-refractivity contribution is -0.115. The molecule has 6 nitrogen and oxygen atoms in total. The zero-order chi connectivity index (χ0) is 17.5. The van der Waals surface area contributed by atoms with Crippen molar-refractivity contribution in [1.29, 1.82) is 0 Å². The van der Waals surface area contributed by atoms with Gasteiger partial charge in [-0.05, 0) is 49.9 Å². The van der Waals surface area contributed by atoms with Crippen molar-refractivity contribution in [2.24, 2.45) is 0 Å². The van der Waals surface area contributed by atoms with Gasteiger partial charge < -0.3 is 20.9 Å². The Balaban J connectivity index is 1.38. The first-order chi connectivity index (χ1) is 12.2. The lowest BCUT2D eigenvalue weighted by Gasteiger charge is -2.22. The number of hydrogen-bond donors (Lipinski definition) is 3. The normalized spacial score (nSPS) is 18.0. The van der Waals surface area contributed by atoms with Crippen LogP contribution in [-0.4, -0.2) is 37.6 Å². The lowest BCUT2D eigenvalue weighted by Crippen LogP contribution is -2.45. The van der Waals surface area contributed by atoms with Gasteiger partial charge in [0.2, 0.25) is 5.91 Å². The van der Waals surface area contributed by atoms with Crippen molar-refractivity contribution in [2.75, 3.05) is 29.9 Å². The number of urea groups is 1. The fourth-order valence-electron chi connectivity index (χ4n) is 3.58. The van der Waals surface area contributed by atoms with Gasteiger partial charge in [-0.1, -0.05) is 19.3 Å². The Bertz CT molecular complexity index is 576. The highest BCUT2D eigenvalue weighted by molar-refractivity contribution is 5.94. The third-order valence-corrected chi connectivity index (χ3v) is 4.97. The molecule has 0 unspecified atom stereocenters. The largest absolute Gasteiger partial charge is 0.372 e. The molecule has 1 saturated carbocycles. The molecule has 0 atom stereocenters. The van der Waals surface area contributed by atoms with Gasteiger partial charge >= 0.3 is 6.03 Å². The van der Waals surface area contributed by atoms with E-state index >= 15 is 0 Å². The molecule has 1 aliphatic heterocycles. The molecule has 1 aromatic rings. The molecule has 0 spiro atoms. The zero-order valence-corrected chi connectivity index (χ0v) is 14.7. The molecule has 2 aliphatic rings. The molecule has 1 aliphatic carbocycles. The number of rotatable bonds is 5. The molecule has 0 radical (unpaired) electrons. The minimum absolute atomic E-state index is 0.0214. The first-order valence-electron chi connectivity index (χ1n) is 9.40. The van der Waals surface area contributed by atoms with Gasteiger partial charge in [0, 0.05) is 30.5 Å². The summed E-state index contributed by atoms with van der Waals surface area (Å²) in [6.07, 6.45) is 8.13. The Kier molecular flexibility index (Phi) is 6.14. The monoisotopic (exact) mass is 344 g/mol. The van der Waals surface area contributed by atoms with Crippen molar-refractivity contribution in [1.82, 2.24) is 10.6 Å². The van der Waals surface area contributed by atoms with E-state index < -0.39 is 0 Å². The number of hydrogen-bond acceptors (Lipinski definition) is 3. The molecule has 1 aromatic carbocycles. The average Bonchev–Trinajstić information content (AvgIpc) is 3.16. The summed E-state index contributed by atoms with van der Waals surface area (Å²) >= 11 is 0. The van der Waals surface area contributed by atoms with Gasteiger partial charge in [-0.3, -0.25) is 4.79 Å². The number of benzene rings is 1. The Morgan fingerprint density at radius 2 is 1.64 bits per heavy atom. The summed E-state index contributed by atoms with van der Waals surface area (Å²) in [5, 5.41) is 8.40. The van der Waals surface area contributed by atoms with Crippen LogP contribution >= 0.6 is 0 Å². The van der Waals surface area contributed by atoms with Gasteiger partial charge in [0.05, 0.1) is 6.54 Å². The van der Waals surface area contributed by atoms with E-state index in [1.54, 1.807) is 0 Å². The Hall–Kier alpha value is -2.24. The fraction of sp³-hybridized carbons (Fsp3) is 0.579. The number of carbonyl (C=O) groups is 2. The van der Waals surface area contributed by atoms with E-state index in [0.29, 0.717) is 0 Å². The average molecular weight is 344 g/mol. The van der Waals surface area contributed by atoms with Crippen molar-refractivity contribution in [2.45, 2.75) is 51.0 Å². The van der Waals surface area contributed by atoms with Gasteiger partial charge in [0.15, 0.2) is 0 Å². The summed E-state index contributed by atoms with van der Waals surface area (Å²) in [6.45, 7) is 2.18. The Morgan fingerprint density at radius 3 is 2.32 bits per heavy atom. The SMILES string of the molecule is O=C(CNC(=O)NC1CCCCC1)Nc1ccc(N2CCCC2)cc1. The summed E-state index contributed by atoms with van der Waals surface area (Å²) in [5.41, 5.74) is 1.95. The van der Waals surface area contributed by atoms with Crippen LogP contribution in [0.25, 0.3) is 0 Å². The molecule has 25 heavy (non-hydrogen) atoms. The van der Waals surface area contributed by atoms with Crippen LogP contribution in [0.1, 0.15) is 44.9 Å². The number of nitrogens with one attached hydrogen (secondary N) is 3. The van der Waals surface area contributed by atoms with Crippen LogP contribution in [0.4, 0.5) is 16.2 Å². The first-order valence-corrected chi connectivity index (χ1v) is 9.40. The zero-order valence-electron chi connectivity index (χ0n) is 14.7. The number of carbonyl (C=O) groups excluding carboxylic acids is 2. The smallest absolute Gasteiger partial charge is 0.315 e. The van der Waals surface area contributed by atoms with Crippen molar-refractivity contribution in [3.63, 3.8) is 0 Å². The lowest BCUT2D eigenvalue weighted by atomic mass is 9.96. The molecule has 6 heteroatoms. The fourth-order valence-corrected chi connectivity index (χ4v) is 3.58. The third-order valence-electron chi connectivity index (χ3n) is 4.97. The van der Waals surface area contributed by atoms with Crippen LogP contribution in [0.3, 0.4) is 0 Å². The predicted octanol–water partition coefficient (Wildman–Crippen LogP) is 2.86. The summed E-state index contributed by atoms with van der Waals surface area (Å²) in [5.74, 6) is -0.215. The van der Waals surface area contributed by atoms with Gasteiger partial charge in [-0.25, -0.2) is 4.79 Å². The van der Waals surface area contributed by atoms with Gasteiger partial charge in [-0.15, -0.1) is 0 Å². The molecule has 136 valence electrons. The van der Waals surface area contributed by atoms with E-state index in [9.17, 15) is 9.59 Å². The van der Waals surface area contributed by atoms with Crippen molar-refractivity contribution in [3.8, 4) is 0 Å². The van der Waals surface area contributed by atoms with Crippen LogP contribution in [-0.2, 0) is 4.79 Å². The second-order valence-electron chi connectivity index (χ2n) is 6.95. The van der Waals surface area contributed by atoms with Crippen LogP contribution < -0.4 is 20.9 Å². The van der Waals surface area contributed by atoms with Crippen LogP contribution in [0, 0.1) is 0 Å². The highest BCUT2D eigenvalue weighted by Crippen LogP contribution is 2.22. The maximum Gasteiger partial charge on any atom is 0.315 e. The minimum atomic E-state index is -0.258. The minimum Gasteiger partial charge on any atom is -0.372 e. The van der Waals surface area contributed by atoms with E-state index in [2.05, 4.69) is 20.9 Å². The Labute approximate surface area is 149 Å². The van der Waals surface area contributed by atoms with Crippen LogP contribution in [0.15, 0.2) is 24.3 Å². The van der Waals surface area contributed by atoms with Gasteiger partial charge in [-0.2, -0.15) is 0 Å². The molecule has 0 aromatic heterocycles. The molecule has 3 rings (SSSR count). The quantitative estimate of drug-likeness (QED) is 0.769. The number of amides is 3. The molecule has 1 heterocycles. The maximum atomic E-state index is 12.0. The molecule has 1 saturated heterocycles. The summed E-state index contributed by atoms with van der Waals surface area (Å²) in [4.78, 5) is 26.2. The standard InChI is InChI=1S/C19H28N4O2/c24-18(14-20-19(25)22-15-6-2-1-3-7-15)21-16-8-10-17(11-9-16)23-12-4-5-13-23/h8-11,15H,1-7,12-14H2,(H,21,24)(H2,20,22,25). The highest BCUT2D eigenvalue weighted by Gasteiger charge is 2.16. The predicted molar refractivity (Wildman–Crippen MR) is 99.9 cm³/mol. The van der Waals surface area contributed by atoms with E-state index in [1.807, 2.05) is 24.3 Å². The second-order valence-corrected chi connectivity index (χ2v) is 6.95. The highest BCUT2D eigenvalue weighted by atomic mass is 16.2. The van der Waals surface area contributed by atoms with E-state index in [-0.39, 0.29) is 24.5 Å². The van der Waals surface area contributed by atoms with E-state index in [0.717, 1.165) is 31.6 Å². The first kappa shape index (κ1) is 17.6. The van der Waals surface area contributed by atoms with Crippen LogP contribution in [0.5, 0.6) is 0 Å². The third kappa shape index (κ3) is 5.37. The van der Waals surface area contributed by atoms with Crippen molar-refractivity contribution < 1.29 is 9.59 Å². The molecule has 2 fully saturated rings. The topological polar surface area (TPSA) is 73.5 Å². The maximum absolute atomic E-state index is 12.0. The van der Waals surface area contributed by atoms with Crippen molar-refractivity contribution >= 4 is 23.3 Å². The Morgan fingerprint density at radius 1 is 0.960 bits per heavy atom. The van der Waals surface area contributed by atoms with Crippen molar-refractivity contribution in [3.05, 3.63) is 24.3 Å². The molecule has 3 N–H and O–H groups in total.